The highest BCUT2D eigenvalue weighted by molar-refractivity contribution is 4.69. The normalized spacial score (nSPS) is 24.4. The third kappa shape index (κ3) is 12.1. The second-order valence-corrected chi connectivity index (χ2v) is 4.44. The van der Waals surface area contributed by atoms with E-state index in [0.29, 0.717) is 6.04 Å². The molecule has 0 aromatic carbocycles. The molecule has 1 unspecified atom stereocenters. The van der Waals surface area contributed by atoms with Gasteiger partial charge in [0.1, 0.15) is 0 Å². The minimum absolute atomic E-state index is 0. The molecule has 2 rings (SSSR count). The summed E-state index contributed by atoms with van der Waals surface area (Å²) in [5.74, 6) is 0. The fourth-order valence-electron chi connectivity index (χ4n) is 1.87. The van der Waals surface area contributed by atoms with Crippen molar-refractivity contribution in [2.45, 2.75) is 65.0 Å². The van der Waals surface area contributed by atoms with Gasteiger partial charge in [-0.2, -0.15) is 0 Å². The van der Waals surface area contributed by atoms with Crippen molar-refractivity contribution in [3.05, 3.63) is 0 Å². The Morgan fingerprint density at radius 3 is 1.76 bits per heavy atom. The van der Waals surface area contributed by atoms with Gasteiger partial charge in [-0.1, -0.05) is 20.3 Å². The van der Waals surface area contributed by atoms with E-state index in [-0.39, 0.29) is 6.15 Å². The summed E-state index contributed by atoms with van der Waals surface area (Å²) in [5, 5.41) is 6.62. The van der Waals surface area contributed by atoms with E-state index in [9.17, 15) is 0 Å². The van der Waals surface area contributed by atoms with Gasteiger partial charge in [-0.15, -0.1) is 0 Å². The van der Waals surface area contributed by atoms with Crippen molar-refractivity contribution in [2.75, 3.05) is 19.6 Å². The summed E-state index contributed by atoms with van der Waals surface area (Å²) in [6, 6.07) is 1.26. The van der Waals surface area contributed by atoms with Gasteiger partial charge in [0, 0.05) is 12.1 Å². The lowest BCUT2D eigenvalue weighted by Crippen LogP contribution is -2.35. The Morgan fingerprint density at radius 2 is 1.53 bits per heavy atom. The first-order valence-corrected chi connectivity index (χ1v) is 6.98. The third-order valence-corrected chi connectivity index (χ3v) is 2.94. The maximum Gasteiger partial charge on any atom is 0.00629 e. The van der Waals surface area contributed by atoms with Crippen LogP contribution in [-0.4, -0.2) is 31.7 Å². The van der Waals surface area contributed by atoms with Crippen LogP contribution >= 0.6 is 0 Å². The van der Waals surface area contributed by atoms with Gasteiger partial charge < -0.3 is 22.5 Å². The molecule has 0 aromatic rings. The molecular formula is C13H34N4. The molecule has 7 N–H and O–H groups in total. The second kappa shape index (κ2) is 13.9. The summed E-state index contributed by atoms with van der Waals surface area (Å²) in [4.78, 5) is 0. The number of hydrogen-bond donors (Lipinski definition) is 4. The molecule has 4 nitrogen and oxygen atoms in total. The number of nitrogens with one attached hydrogen (secondary N) is 2. The van der Waals surface area contributed by atoms with Crippen LogP contribution in [0.15, 0.2) is 0 Å². The van der Waals surface area contributed by atoms with Crippen molar-refractivity contribution in [3.8, 4) is 0 Å². The Balaban J connectivity index is 0. The number of rotatable bonds is 0. The first-order chi connectivity index (χ1) is 7.79. The van der Waals surface area contributed by atoms with Crippen molar-refractivity contribution in [1.82, 2.24) is 16.8 Å². The maximum atomic E-state index is 5.59. The zero-order chi connectivity index (χ0) is 12.2. The molecule has 4 heteroatoms. The summed E-state index contributed by atoms with van der Waals surface area (Å²) in [6.45, 7) is 9.71. The third-order valence-electron chi connectivity index (χ3n) is 2.94. The highest BCUT2D eigenvalue weighted by Crippen LogP contribution is 2.04. The average molecular weight is 246 g/mol. The Kier molecular flexibility index (Phi) is 15.7. The molecule has 0 radical (unpaired) electrons. The van der Waals surface area contributed by atoms with Crippen molar-refractivity contribution in [3.63, 3.8) is 0 Å². The van der Waals surface area contributed by atoms with E-state index in [1.165, 1.54) is 25.8 Å². The molecule has 0 bridgehead atoms. The highest BCUT2D eigenvalue weighted by Gasteiger charge is 2.05. The molecule has 106 valence electrons. The highest BCUT2D eigenvalue weighted by atomic mass is 14.9. The number of piperidine rings is 2. The van der Waals surface area contributed by atoms with Crippen LogP contribution in [0, 0.1) is 0 Å². The monoisotopic (exact) mass is 246 g/mol. The lowest BCUT2D eigenvalue weighted by atomic mass is 10.1. The predicted molar refractivity (Wildman–Crippen MR) is 77.8 cm³/mol. The van der Waals surface area contributed by atoms with Crippen LogP contribution in [0.5, 0.6) is 0 Å². The quantitative estimate of drug-likeness (QED) is 0.527. The summed E-state index contributed by atoms with van der Waals surface area (Å²) in [7, 11) is 0. The van der Waals surface area contributed by atoms with E-state index >= 15 is 0 Å². The van der Waals surface area contributed by atoms with Crippen molar-refractivity contribution in [1.29, 1.82) is 0 Å². The largest absolute Gasteiger partial charge is 0.344 e. The summed E-state index contributed by atoms with van der Waals surface area (Å²) in [5.41, 5.74) is 5.59. The van der Waals surface area contributed by atoms with Crippen LogP contribution in [0.25, 0.3) is 0 Å². The summed E-state index contributed by atoms with van der Waals surface area (Å²) >= 11 is 0. The van der Waals surface area contributed by atoms with Gasteiger partial charge >= 0.3 is 0 Å². The second-order valence-electron chi connectivity index (χ2n) is 4.44. The van der Waals surface area contributed by atoms with Gasteiger partial charge in [0.25, 0.3) is 0 Å². The van der Waals surface area contributed by atoms with Crippen LogP contribution in [0.2, 0.25) is 0 Å². The molecule has 0 amide bonds. The first-order valence-electron chi connectivity index (χ1n) is 6.98. The van der Waals surface area contributed by atoms with E-state index in [0.717, 1.165) is 32.0 Å². The molecule has 0 aliphatic carbocycles. The smallest absolute Gasteiger partial charge is 0.00629 e. The molecule has 0 aromatic heterocycles. The zero-order valence-corrected chi connectivity index (χ0v) is 12.1. The Labute approximate surface area is 108 Å². The van der Waals surface area contributed by atoms with Gasteiger partial charge in [0.05, 0.1) is 0 Å². The molecule has 0 spiro atoms. The average Bonchev–Trinajstić information content (AvgIpc) is 2.34. The standard InChI is InChI=1S/C6H13N.C5H12N2.C2H6.H3N/c1-6-4-2-3-5-7-6;6-5-1-3-7-4-2-5;1-2;/h6-7H,2-5H2,1H3;5,7H,1-4,6H2;1-2H3;1H3. The molecule has 1 atom stereocenters. The van der Waals surface area contributed by atoms with E-state index in [1.54, 1.807) is 0 Å². The summed E-state index contributed by atoms with van der Waals surface area (Å²) in [6.07, 6.45) is 6.48. The van der Waals surface area contributed by atoms with E-state index in [2.05, 4.69) is 17.6 Å². The van der Waals surface area contributed by atoms with Crippen LogP contribution in [-0.2, 0) is 0 Å². The van der Waals surface area contributed by atoms with Gasteiger partial charge in [-0.05, 0) is 52.2 Å². The Morgan fingerprint density at radius 1 is 0.941 bits per heavy atom. The minimum Gasteiger partial charge on any atom is -0.344 e. The zero-order valence-electron chi connectivity index (χ0n) is 12.1. The SMILES string of the molecule is CC.CC1CCCCN1.N.NC1CCNCC1. The van der Waals surface area contributed by atoms with Crippen LogP contribution in [0.4, 0.5) is 0 Å². The fourth-order valence-corrected chi connectivity index (χ4v) is 1.87. The van der Waals surface area contributed by atoms with Crippen LogP contribution in [0.1, 0.15) is 52.9 Å². The number of hydrogen-bond acceptors (Lipinski definition) is 4. The molecule has 2 saturated heterocycles. The lowest BCUT2D eigenvalue weighted by Gasteiger charge is -2.18. The number of nitrogens with two attached hydrogens (primary N) is 1. The van der Waals surface area contributed by atoms with E-state index < -0.39 is 0 Å². The van der Waals surface area contributed by atoms with E-state index in [1.807, 2.05) is 13.8 Å². The molecule has 2 heterocycles. The Hall–Kier alpha value is -0.160. The van der Waals surface area contributed by atoms with Crippen molar-refractivity contribution < 1.29 is 0 Å². The van der Waals surface area contributed by atoms with Crippen LogP contribution in [0.3, 0.4) is 0 Å². The predicted octanol–water partition coefficient (Wildman–Crippen LogP) is 2.03. The molecule has 0 saturated carbocycles. The first kappa shape index (κ1) is 19.2. The molecule has 17 heavy (non-hydrogen) atoms. The fraction of sp³-hybridized carbons (Fsp3) is 1.00. The van der Waals surface area contributed by atoms with Gasteiger partial charge in [-0.3, -0.25) is 0 Å². The minimum atomic E-state index is 0. The molecule has 2 aliphatic heterocycles. The van der Waals surface area contributed by atoms with Crippen molar-refractivity contribution >= 4 is 0 Å². The van der Waals surface area contributed by atoms with Gasteiger partial charge in [0.15, 0.2) is 0 Å². The topological polar surface area (TPSA) is 85.1 Å². The Bertz CT molecular complexity index is 113. The lowest BCUT2D eigenvalue weighted by molar-refractivity contribution is 0.425. The van der Waals surface area contributed by atoms with E-state index in [4.69, 9.17) is 5.73 Å². The molecule has 2 aliphatic rings. The van der Waals surface area contributed by atoms with Crippen LogP contribution < -0.4 is 22.5 Å². The maximum absolute atomic E-state index is 5.59. The van der Waals surface area contributed by atoms with Gasteiger partial charge in [-0.25, -0.2) is 0 Å². The van der Waals surface area contributed by atoms with Gasteiger partial charge in [0.2, 0.25) is 0 Å². The molecule has 2 fully saturated rings. The summed E-state index contributed by atoms with van der Waals surface area (Å²) < 4.78 is 0. The molecular weight excluding hydrogens is 212 g/mol. The van der Waals surface area contributed by atoms with Crippen molar-refractivity contribution in [2.24, 2.45) is 5.73 Å².